The molecule has 1 N–H and O–H groups in total. The van der Waals surface area contributed by atoms with E-state index in [9.17, 15) is 13.6 Å². The summed E-state index contributed by atoms with van der Waals surface area (Å²) >= 11 is 0. The van der Waals surface area contributed by atoms with E-state index in [1.807, 2.05) is 0 Å². The third-order valence-electron chi connectivity index (χ3n) is 3.80. The number of hydrogen-bond donors (Lipinski definition) is 1. The van der Waals surface area contributed by atoms with Gasteiger partial charge in [0, 0.05) is 18.7 Å². The van der Waals surface area contributed by atoms with Crippen molar-refractivity contribution in [2.24, 2.45) is 0 Å². The molecule has 0 radical (unpaired) electrons. The van der Waals surface area contributed by atoms with Crippen molar-refractivity contribution in [3.05, 3.63) is 35.4 Å². The van der Waals surface area contributed by atoms with E-state index in [0.29, 0.717) is 6.54 Å². The molecule has 0 aromatic heterocycles. The van der Waals surface area contributed by atoms with Crippen molar-refractivity contribution in [3.8, 4) is 0 Å². The number of halogens is 2. The zero-order chi connectivity index (χ0) is 14.5. The van der Waals surface area contributed by atoms with Crippen molar-refractivity contribution in [1.29, 1.82) is 0 Å². The first-order valence-corrected chi connectivity index (χ1v) is 7.09. The van der Waals surface area contributed by atoms with E-state index in [0.717, 1.165) is 31.6 Å². The highest BCUT2D eigenvalue weighted by Crippen LogP contribution is 2.14. The molecule has 2 rings (SSSR count). The minimum atomic E-state index is -0.822. The van der Waals surface area contributed by atoms with Crippen LogP contribution in [-0.4, -0.2) is 36.5 Å². The van der Waals surface area contributed by atoms with Crippen molar-refractivity contribution in [3.63, 3.8) is 0 Å². The van der Waals surface area contributed by atoms with Crippen LogP contribution in [0.15, 0.2) is 18.2 Å². The van der Waals surface area contributed by atoms with E-state index in [4.69, 9.17) is 0 Å². The number of likely N-dealkylation sites (tertiary alicyclic amines) is 1. The number of amides is 1. The highest BCUT2D eigenvalue weighted by atomic mass is 19.1. The van der Waals surface area contributed by atoms with Gasteiger partial charge in [0.25, 0.3) is 5.91 Å². The Morgan fingerprint density at radius 2 is 2.05 bits per heavy atom. The van der Waals surface area contributed by atoms with Crippen molar-refractivity contribution < 1.29 is 13.6 Å². The Morgan fingerprint density at radius 1 is 1.35 bits per heavy atom. The van der Waals surface area contributed by atoms with E-state index < -0.39 is 17.5 Å². The summed E-state index contributed by atoms with van der Waals surface area (Å²) < 4.78 is 26.3. The van der Waals surface area contributed by atoms with Crippen LogP contribution in [0.2, 0.25) is 0 Å². The van der Waals surface area contributed by atoms with Crippen molar-refractivity contribution in [2.45, 2.75) is 32.2 Å². The van der Waals surface area contributed by atoms with Gasteiger partial charge in [0.2, 0.25) is 0 Å². The Labute approximate surface area is 118 Å². The number of carbonyl (C=O) groups excluding carboxylic acids is 1. The van der Waals surface area contributed by atoms with E-state index in [-0.39, 0.29) is 11.6 Å². The first kappa shape index (κ1) is 14.9. The van der Waals surface area contributed by atoms with Crippen LogP contribution in [0.5, 0.6) is 0 Å². The minimum absolute atomic E-state index is 0.109. The van der Waals surface area contributed by atoms with Crippen LogP contribution in [-0.2, 0) is 0 Å². The van der Waals surface area contributed by atoms with Crippen molar-refractivity contribution in [1.82, 2.24) is 10.2 Å². The van der Waals surface area contributed by atoms with Crippen LogP contribution in [0.3, 0.4) is 0 Å². The van der Waals surface area contributed by atoms with Gasteiger partial charge in [0.15, 0.2) is 0 Å². The van der Waals surface area contributed by atoms with Gasteiger partial charge in [-0.3, -0.25) is 9.69 Å². The van der Waals surface area contributed by atoms with E-state index in [1.165, 1.54) is 18.9 Å². The molecule has 110 valence electrons. The average molecular weight is 282 g/mol. The van der Waals surface area contributed by atoms with Gasteiger partial charge in [-0.2, -0.15) is 0 Å². The van der Waals surface area contributed by atoms with Gasteiger partial charge in [-0.1, -0.05) is 6.92 Å². The second kappa shape index (κ2) is 6.79. The lowest BCUT2D eigenvalue weighted by atomic mass is 10.1. The average Bonchev–Trinajstić information content (AvgIpc) is 2.93. The molecule has 20 heavy (non-hydrogen) atoms. The van der Waals surface area contributed by atoms with E-state index in [1.54, 1.807) is 0 Å². The van der Waals surface area contributed by atoms with Crippen molar-refractivity contribution in [2.75, 3.05) is 19.6 Å². The second-order valence-corrected chi connectivity index (χ2v) is 5.14. The van der Waals surface area contributed by atoms with Gasteiger partial charge in [-0.05, 0) is 44.5 Å². The third-order valence-corrected chi connectivity index (χ3v) is 3.80. The summed E-state index contributed by atoms with van der Waals surface area (Å²) in [7, 11) is 0. The molecule has 0 spiro atoms. The zero-order valence-corrected chi connectivity index (χ0v) is 11.7. The quantitative estimate of drug-likeness (QED) is 0.900. The summed E-state index contributed by atoms with van der Waals surface area (Å²) in [5, 5.41) is 2.74. The lowest BCUT2D eigenvalue weighted by molar-refractivity contribution is 0.0933. The van der Waals surface area contributed by atoms with Gasteiger partial charge >= 0.3 is 0 Å². The number of nitrogens with one attached hydrogen (secondary N) is 1. The van der Waals surface area contributed by atoms with Gasteiger partial charge in [-0.15, -0.1) is 0 Å². The molecule has 1 atom stereocenters. The predicted octanol–water partition coefficient (Wildman–Crippen LogP) is 2.57. The maximum atomic E-state index is 13.5. The fourth-order valence-electron chi connectivity index (χ4n) is 2.62. The molecule has 1 amide bonds. The largest absolute Gasteiger partial charge is 0.350 e. The Kier molecular flexibility index (Phi) is 5.06. The maximum Gasteiger partial charge on any atom is 0.254 e. The van der Waals surface area contributed by atoms with Crippen molar-refractivity contribution >= 4 is 5.91 Å². The molecule has 0 bridgehead atoms. The molecule has 1 aliphatic heterocycles. The smallest absolute Gasteiger partial charge is 0.254 e. The molecule has 0 unspecified atom stereocenters. The molecule has 1 aliphatic rings. The fourth-order valence-corrected chi connectivity index (χ4v) is 2.62. The topological polar surface area (TPSA) is 32.3 Å². The number of nitrogens with zero attached hydrogens (tertiary/aromatic N) is 1. The van der Waals surface area contributed by atoms with Crippen LogP contribution in [0, 0.1) is 11.6 Å². The van der Waals surface area contributed by atoms with Gasteiger partial charge in [-0.25, -0.2) is 8.78 Å². The predicted molar refractivity (Wildman–Crippen MR) is 73.6 cm³/mol. The lowest BCUT2D eigenvalue weighted by Crippen LogP contribution is -2.42. The minimum Gasteiger partial charge on any atom is -0.350 e. The highest BCUT2D eigenvalue weighted by molar-refractivity contribution is 5.94. The Hall–Kier alpha value is -1.49. The Bertz CT molecular complexity index is 473. The van der Waals surface area contributed by atoms with Gasteiger partial charge in [0.05, 0.1) is 5.56 Å². The zero-order valence-electron chi connectivity index (χ0n) is 11.7. The van der Waals surface area contributed by atoms with Crippen LogP contribution in [0.4, 0.5) is 8.78 Å². The molecular weight excluding hydrogens is 262 g/mol. The highest BCUT2D eigenvalue weighted by Gasteiger charge is 2.21. The van der Waals surface area contributed by atoms with Gasteiger partial charge in [0.1, 0.15) is 11.6 Å². The lowest BCUT2D eigenvalue weighted by Gasteiger charge is -2.26. The van der Waals surface area contributed by atoms with Crippen LogP contribution >= 0.6 is 0 Å². The molecule has 1 aromatic carbocycles. The summed E-state index contributed by atoms with van der Waals surface area (Å²) in [5.41, 5.74) is -0.109. The first-order chi connectivity index (χ1) is 9.61. The monoisotopic (exact) mass is 282 g/mol. The first-order valence-electron chi connectivity index (χ1n) is 7.09. The molecule has 1 fully saturated rings. The summed E-state index contributed by atoms with van der Waals surface area (Å²) in [6, 6.07) is 3.28. The van der Waals surface area contributed by atoms with E-state index >= 15 is 0 Å². The second-order valence-electron chi connectivity index (χ2n) is 5.14. The standard InChI is InChI=1S/C15H20F2N2O/c1-2-12(19-7-3-4-8-19)10-18-15(20)13-6-5-11(16)9-14(13)17/h5-6,9,12H,2-4,7-8,10H2,1H3,(H,18,20)/t12-/m0/s1. The van der Waals surface area contributed by atoms with Gasteiger partial charge < -0.3 is 5.32 Å². The van der Waals surface area contributed by atoms with E-state index in [2.05, 4.69) is 17.1 Å². The van der Waals surface area contributed by atoms with Crippen LogP contribution in [0.25, 0.3) is 0 Å². The molecule has 1 saturated heterocycles. The summed E-state index contributed by atoms with van der Waals surface area (Å²) in [6.45, 7) is 4.68. The Balaban J connectivity index is 1.93. The normalized spacial score (nSPS) is 17.1. The fraction of sp³-hybridized carbons (Fsp3) is 0.533. The maximum absolute atomic E-state index is 13.5. The molecule has 1 heterocycles. The SMILES string of the molecule is CC[C@@H](CNC(=O)c1ccc(F)cc1F)N1CCCC1. The molecule has 0 saturated carbocycles. The summed E-state index contributed by atoms with van der Waals surface area (Å²) in [5.74, 6) is -1.99. The van der Waals surface area contributed by atoms with Crippen LogP contribution in [0.1, 0.15) is 36.5 Å². The number of benzene rings is 1. The number of carbonyl (C=O) groups is 1. The molecule has 1 aromatic rings. The molecule has 3 nitrogen and oxygen atoms in total. The molecule has 5 heteroatoms. The molecule has 0 aliphatic carbocycles. The Morgan fingerprint density at radius 3 is 2.65 bits per heavy atom. The summed E-state index contributed by atoms with van der Waals surface area (Å²) in [4.78, 5) is 14.3. The molecular formula is C15H20F2N2O. The number of hydrogen-bond acceptors (Lipinski definition) is 2. The summed E-state index contributed by atoms with van der Waals surface area (Å²) in [6.07, 6.45) is 3.32. The number of rotatable bonds is 5. The third kappa shape index (κ3) is 3.54. The van der Waals surface area contributed by atoms with Crippen LogP contribution < -0.4 is 5.32 Å².